The van der Waals surface area contributed by atoms with Crippen LogP contribution in [-0.2, 0) is 10.3 Å². The lowest BCUT2D eigenvalue weighted by Crippen LogP contribution is -2.36. The highest BCUT2D eigenvalue weighted by Crippen LogP contribution is 2.46. The molecular formula is C21H17NO. The molecule has 0 aromatic heterocycles. The van der Waals surface area contributed by atoms with Crippen LogP contribution >= 0.6 is 0 Å². The molecule has 0 fully saturated rings. The van der Waals surface area contributed by atoms with Gasteiger partial charge in [-0.3, -0.25) is 0 Å². The number of ether oxygens (including phenoxy) is 1. The first-order chi connectivity index (χ1) is 11.3. The summed E-state index contributed by atoms with van der Waals surface area (Å²) in [6, 6.07) is 28.9. The molecule has 0 aliphatic carbocycles. The molecule has 0 saturated carbocycles. The van der Waals surface area contributed by atoms with Gasteiger partial charge in [0.1, 0.15) is 0 Å². The topological polar surface area (TPSA) is 21.6 Å². The smallest absolute Gasteiger partial charge is 0.188 e. The number of nitrogens with zero attached hydrogens (tertiary/aromatic N) is 1. The van der Waals surface area contributed by atoms with Gasteiger partial charge >= 0.3 is 0 Å². The molecule has 1 heterocycles. The molecule has 0 amide bonds. The van der Waals surface area contributed by atoms with Gasteiger partial charge in [0.2, 0.25) is 0 Å². The van der Waals surface area contributed by atoms with Gasteiger partial charge in [-0.2, -0.15) is 0 Å². The Bertz CT molecular complexity index is 814. The van der Waals surface area contributed by atoms with Crippen molar-refractivity contribution in [1.82, 2.24) is 0 Å². The third-order valence-corrected chi connectivity index (χ3v) is 4.22. The van der Waals surface area contributed by atoms with Crippen molar-refractivity contribution < 1.29 is 4.74 Å². The van der Waals surface area contributed by atoms with Crippen molar-refractivity contribution in [2.24, 2.45) is 4.99 Å². The van der Waals surface area contributed by atoms with Crippen LogP contribution in [0.4, 0.5) is 5.69 Å². The van der Waals surface area contributed by atoms with Crippen molar-refractivity contribution in [3.05, 3.63) is 102 Å². The van der Waals surface area contributed by atoms with Crippen LogP contribution in [-0.4, -0.2) is 5.90 Å². The monoisotopic (exact) mass is 299 g/mol. The molecule has 0 unspecified atom stereocenters. The molecule has 0 bridgehead atoms. The zero-order valence-electron chi connectivity index (χ0n) is 12.9. The SMILES string of the molecule is CC1=Nc2ccccc2C(c2ccccc2)(c2ccccc2)O1. The molecule has 1 aliphatic rings. The number of para-hydroxylation sites is 1. The Labute approximate surface area is 136 Å². The van der Waals surface area contributed by atoms with Crippen molar-refractivity contribution >= 4 is 11.6 Å². The Morgan fingerprint density at radius 2 is 1.22 bits per heavy atom. The average molecular weight is 299 g/mol. The van der Waals surface area contributed by atoms with E-state index in [4.69, 9.17) is 4.74 Å². The molecule has 1 aliphatic heterocycles. The molecule has 112 valence electrons. The molecule has 0 radical (unpaired) electrons. The van der Waals surface area contributed by atoms with Crippen LogP contribution in [0.25, 0.3) is 0 Å². The van der Waals surface area contributed by atoms with Gasteiger partial charge in [-0.15, -0.1) is 0 Å². The van der Waals surface area contributed by atoms with Crippen LogP contribution in [0.3, 0.4) is 0 Å². The maximum atomic E-state index is 6.42. The van der Waals surface area contributed by atoms with Crippen molar-refractivity contribution in [3.63, 3.8) is 0 Å². The summed E-state index contributed by atoms with van der Waals surface area (Å²) in [4.78, 5) is 4.59. The largest absolute Gasteiger partial charge is 0.460 e. The van der Waals surface area contributed by atoms with E-state index in [1.165, 1.54) is 0 Å². The summed E-state index contributed by atoms with van der Waals surface area (Å²) >= 11 is 0. The van der Waals surface area contributed by atoms with Gasteiger partial charge in [-0.25, -0.2) is 4.99 Å². The van der Waals surface area contributed by atoms with E-state index in [2.05, 4.69) is 35.3 Å². The Balaban J connectivity index is 2.08. The molecule has 0 saturated heterocycles. The minimum Gasteiger partial charge on any atom is -0.460 e. The van der Waals surface area contributed by atoms with Crippen molar-refractivity contribution in [2.75, 3.05) is 0 Å². The predicted octanol–water partition coefficient (Wildman–Crippen LogP) is 5.06. The summed E-state index contributed by atoms with van der Waals surface area (Å²) in [5.41, 5.74) is 3.58. The van der Waals surface area contributed by atoms with E-state index in [9.17, 15) is 0 Å². The fourth-order valence-corrected chi connectivity index (χ4v) is 3.28. The zero-order valence-corrected chi connectivity index (χ0v) is 12.9. The predicted molar refractivity (Wildman–Crippen MR) is 93.1 cm³/mol. The summed E-state index contributed by atoms with van der Waals surface area (Å²) in [5, 5.41) is 0. The Kier molecular flexibility index (Phi) is 3.23. The summed E-state index contributed by atoms with van der Waals surface area (Å²) in [6.45, 7) is 1.91. The second-order valence-corrected chi connectivity index (χ2v) is 5.66. The van der Waals surface area contributed by atoms with E-state index in [1.807, 2.05) is 61.5 Å². The lowest BCUT2D eigenvalue weighted by Gasteiger charge is -2.39. The van der Waals surface area contributed by atoms with Crippen LogP contribution in [0.2, 0.25) is 0 Å². The third-order valence-electron chi connectivity index (χ3n) is 4.22. The molecule has 2 nitrogen and oxygen atoms in total. The first-order valence-corrected chi connectivity index (χ1v) is 7.75. The second kappa shape index (κ2) is 5.40. The fraction of sp³-hybridized carbons (Fsp3) is 0.0952. The standard InChI is InChI=1S/C21H17NO/c1-16-22-20-15-9-8-14-19(20)21(23-16,17-10-4-2-5-11-17)18-12-6-3-7-13-18/h2-15H,1H3. The Morgan fingerprint density at radius 1 is 0.696 bits per heavy atom. The van der Waals surface area contributed by atoms with E-state index >= 15 is 0 Å². The van der Waals surface area contributed by atoms with Gasteiger partial charge in [0.25, 0.3) is 0 Å². The van der Waals surface area contributed by atoms with Crippen molar-refractivity contribution in [1.29, 1.82) is 0 Å². The van der Waals surface area contributed by atoms with E-state index in [-0.39, 0.29) is 0 Å². The highest BCUT2D eigenvalue weighted by Gasteiger charge is 2.42. The Hall–Kier alpha value is -2.87. The maximum Gasteiger partial charge on any atom is 0.188 e. The van der Waals surface area contributed by atoms with E-state index in [1.54, 1.807) is 0 Å². The first-order valence-electron chi connectivity index (χ1n) is 7.75. The van der Waals surface area contributed by atoms with Gasteiger partial charge < -0.3 is 4.74 Å². The molecule has 0 spiro atoms. The van der Waals surface area contributed by atoms with E-state index in [0.717, 1.165) is 22.4 Å². The summed E-state index contributed by atoms with van der Waals surface area (Å²) < 4.78 is 6.42. The molecule has 0 atom stereocenters. The van der Waals surface area contributed by atoms with Crippen LogP contribution < -0.4 is 0 Å². The van der Waals surface area contributed by atoms with Crippen molar-refractivity contribution in [2.45, 2.75) is 12.5 Å². The van der Waals surface area contributed by atoms with E-state index < -0.39 is 5.60 Å². The molecule has 4 rings (SSSR count). The fourth-order valence-electron chi connectivity index (χ4n) is 3.28. The van der Waals surface area contributed by atoms with Gasteiger partial charge in [0.15, 0.2) is 11.5 Å². The highest BCUT2D eigenvalue weighted by molar-refractivity contribution is 5.82. The number of aliphatic imine (C=N–C) groups is 1. The van der Waals surface area contributed by atoms with Gasteiger partial charge in [0.05, 0.1) is 5.69 Å². The molecule has 3 aromatic carbocycles. The summed E-state index contributed by atoms with van der Waals surface area (Å²) in [5.74, 6) is 0.677. The number of hydrogen-bond acceptors (Lipinski definition) is 2. The average Bonchev–Trinajstić information content (AvgIpc) is 2.62. The van der Waals surface area contributed by atoms with Gasteiger partial charge in [0, 0.05) is 23.6 Å². The Morgan fingerprint density at radius 3 is 1.83 bits per heavy atom. The van der Waals surface area contributed by atoms with E-state index in [0.29, 0.717) is 5.90 Å². The molecule has 0 N–H and O–H groups in total. The highest BCUT2D eigenvalue weighted by atomic mass is 16.5. The van der Waals surface area contributed by atoms with Crippen LogP contribution in [0.5, 0.6) is 0 Å². The third kappa shape index (κ3) is 2.15. The van der Waals surface area contributed by atoms with Crippen LogP contribution in [0.15, 0.2) is 89.9 Å². The van der Waals surface area contributed by atoms with Gasteiger partial charge in [-0.05, 0) is 6.07 Å². The summed E-state index contributed by atoms with van der Waals surface area (Å²) in [6.07, 6.45) is 0. The first kappa shape index (κ1) is 13.8. The normalized spacial score (nSPS) is 15.3. The molecule has 3 aromatic rings. The second-order valence-electron chi connectivity index (χ2n) is 5.66. The molecule has 2 heteroatoms. The maximum absolute atomic E-state index is 6.42. The minimum atomic E-state index is -0.662. The minimum absolute atomic E-state index is 0.662. The van der Waals surface area contributed by atoms with Gasteiger partial charge in [-0.1, -0.05) is 78.9 Å². The zero-order chi connectivity index (χ0) is 15.7. The summed E-state index contributed by atoms with van der Waals surface area (Å²) in [7, 11) is 0. The lowest BCUT2D eigenvalue weighted by atomic mass is 9.79. The number of rotatable bonds is 2. The quantitative estimate of drug-likeness (QED) is 0.648. The van der Waals surface area contributed by atoms with Crippen LogP contribution in [0, 0.1) is 0 Å². The van der Waals surface area contributed by atoms with Crippen LogP contribution in [0.1, 0.15) is 23.6 Å². The number of benzene rings is 3. The molecular weight excluding hydrogens is 282 g/mol. The molecule has 23 heavy (non-hydrogen) atoms. The number of fused-ring (bicyclic) bond motifs is 1. The lowest BCUT2D eigenvalue weighted by molar-refractivity contribution is 0.135. The number of hydrogen-bond donors (Lipinski definition) is 0. The van der Waals surface area contributed by atoms with Crippen molar-refractivity contribution in [3.8, 4) is 0 Å².